The second kappa shape index (κ2) is 10.3. The number of rotatable bonds is 9. The fourth-order valence-corrected chi connectivity index (χ4v) is 4.95. The molecule has 0 radical (unpaired) electrons. The number of nitrogens with zero attached hydrogens (tertiary/aromatic N) is 3. The topological polar surface area (TPSA) is 79.8 Å². The van der Waals surface area contributed by atoms with Crippen LogP contribution >= 0.6 is 0 Å². The minimum Gasteiger partial charge on any atom is -0.495 e. The third kappa shape index (κ3) is 5.08. The Hall–Kier alpha value is -3.39. The van der Waals surface area contributed by atoms with Gasteiger partial charge in [0.2, 0.25) is 5.91 Å². The van der Waals surface area contributed by atoms with E-state index in [0.29, 0.717) is 24.4 Å². The first-order chi connectivity index (χ1) is 15.4. The van der Waals surface area contributed by atoms with E-state index in [9.17, 15) is 13.2 Å². The molecule has 0 aliphatic heterocycles. The third-order valence-corrected chi connectivity index (χ3v) is 6.90. The summed E-state index contributed by atoms with van der Waals surface area (Å²) in [6.45, 7) is 4.00. The second-order valence-electron chi connectivity index (χ2n) is 7.20. The number of para-hydroxylation sites is 2. The molecule has 0 saturated heterocycles. The first-order valence-corrected chi connectivity index (χ1v) is 11.7. The van der Waals surface area contributed by atoms with Crippen molar-refractivity contribution in [1.82, 2.24) is 9.88 Å². The highest BCUT2D eigenvalue weighted by atomic mass is 32.2. The highest BCUT2D eigenvalue weighted by Gasteiger charge is 2.32. The molecule has 0 bridgehead atoms. The van der Waals surface area contributed by atoms with Crippen LogP contribution in [0.1, 0.15) is 18.1 Å². The zero-order valence-electron chi connectivity index (χ0n) is 18.4. The largest absolute Gasteiger partial charge is 0.495 e. The van der Waals surface area contributed by atoms with E-state index in [0.717, 1.165) is 9.87 Å². The van der Waals surface area contributed by atoms with E-state index in [-0.39, 0.29) is 23.2 Å². The van der Waals surface area contributed by atoms with Crippen LogP contribution in [-0.4, -0.2) is 44.4 Å². The van der Waals surface area contributed by atoms with Gasteiger partial charge in [-0.2, -0.15) is 8.42 Å². The molecule has 32 heavy (non-hydrogen) atoms. The zero-order valence-corrected chi connectivity index (χ0v) is 19.2. The predicted octanol–water partition coefficient (Wildman–Crippen LogP) is 3.64. The van der Waals surface area contributed by atoms with Gasteiger partial charge in [-0.3, -0.25) is 9.10 Å². The fourth-order valence-electron chi connectivity index (χ4n) is 3.38. The Morgan fingerprint density at radius 2 is 1.69 bits per heavy atom. The fraction of sp³-hybridized carbons (Fsp3) is 0.250. The molecule has 0 saturated carbocycles. The van der Waals surface area contributed by atoms with Crippen LogP contribution in [0.25, 0.3) is 0 Å². The van der Waals surface area contributed by atoms with Gasteiger partial charge in [0.25, 0.3) is 10.0 Å². The van der Waals surface area contributed by atoms with Crippen LogP contribution < -0.4 is 9.04 Å². The number of carbonyl (C=O) groups excluding carboxylic acids is 1. The van der Waals surface area contributed by atoms with Gasteiger partial charge in [0.1, 0.15) is 12.3 Å². The number of ether oxygens (including phenoxy) is 1. The van der Waals surface area contributed by atoms with Gasteiger partial charge in [-0.05, 0) is 43.2 Å². The van der Waals surface area contributed by atoms with E-state index in [1.165, 1.54) is 13.3 Å². The van der Waals surface area contributed by atoms with Crippen molar-refractivity contribution in [1.29, 1.82) is 0 Å². The average molecular weight is 454 g/mol. The van der Waals surface area contributed by atoms with Gasteiger partial charge < -0.3 is 9.64 Å². The molecule has 3 rings (SSSR count). The quantitative estimate of drug-likeness (QED) is 0.494. The summed E-state index contributed by atoms with van der Waals surface area (Å²) >= 11 is 0. The minimum absolute atomic E-state index is 0.0928. The Bertz CT molecular complexity index is 1170. The normalized spacial score (nSPS) is 11.1. The molecule has 0 N–H and O–H groups in total. The van der Waals surface area contributed by atoms with Gasteiger partial charge in [0.05, 0.1) is 12.8 Å². The second-order valence-corrected chi connectivity index (χ2v) is 8.98. The molecular formula is C24H27N3O4S. The average Bonchev–Trinajstić information content (AvgIpc) is 2.81. The Balaban J connectivity index is 2.01. The van der Waals surface area contributed by atoms with E-state index >= 15 is 0 Å². The van der Waals surface area contributed by atoms with Crippen molar-refractivity contribution in [3.63, 3.8) is 0 Å². The summed E-state index contributed by atoms with van der Waals surface area (Å²) in [7, 11) is -2.67. The van der Waals surface area contributed by atoms with Crippen LogP contribution in [0.4, 0.5) is 5.69 Å². The predicted molar refractivity (Wildman–Crippen MR) is 124 cm³/mol. The number of benzene rings is 2. The smallest absolute Gasteiger partial charge is 0.282 e. The Morgan fingerprint density at radius 3 is 2.34 bits per heavy atom. The van der Waals surface area contributed by atoms with Gasteiger partial charge in [0, 0.05) is 19.3 Å². The number of anilines is 1. The Labute approximate surface area is 189 Å². The van der Waals surface area contributed by atoms with Gasteiger partial charge >= 0.3 is 0 Å². The Morgan fingerprint density at radius 1 is 1.00 bits per heavy atom. The lowest BCUT2D eigenvalue weighted by molar-refractivity contribution is -0.129. The maximum atomic E-state index is 13.7. The summed E-state index contributed by atoms with van der Waals surface area (Å²) in [5, 5.41) is -0.0928. The molecule has 0 aliphatic rings. The lowest BCUT2D eigenvalue weighted by Crippen LogP contribution is -2.43. The number of aromatic nitrogens is 1. The van der Waals surface area contributed by atoms with E-state index < -0.39 is 10.0 Å². The summed E-state index contributed by atoms with van der Waals surface area (Å²) in [5.41, 5.74) is 1.75. The first-order valence-electron chi connectivity index (χ1n) is 10.3. The molecule has 2 aromatic carbocycles. The van der Waals surface area contributed by atoms with Crippen LogP contribution in [0.2, 0.25) is 0 Å². The molecule has 8 heteroatoms. The highest BCUT2D eigenvalue weighted by Crippen LogP contribution is 2.32. The molecule has 168 valence electrons. The maximum Gasteiger partial charge on any atom is 0.282 e. The lowest BCUT2D eigenvalue weighted by atomic mass is 10.2. The maximum absolute atomic E-state index is 13.7. The summed E-state index contributed by atoms with van der Waals surface area (Å²) in [6.07, 6.45) is 1.43. The van der Waals surface area contributed by atoms with E-state index in [1.807, 2.05) is 37.3 Å². The molecule has 0 aliphatic carbocycles. The molecule has 0 spiro atoms. The number of hydrogen-bond donors (Lipinski definition) is 0. The standard InChI is InChI=1S/C24H27N3O4S/c1-4-26(17-20-12-6-5-7-13-20)23(28)18-27(21-14-8-9-15-22(21)31-3)32(29,30)24-19(2)11-10-16-25-24/h5-16H,4,17-18H2,1-3H3. The third-order valence-electron chi connectivity index (χ3n) is 5.08. The summed E-state index contributed by atoms with van der Waals surface area (Å²) in [4.78, 5) is 19.0. The van der Waals surface area contributed by atoms with Crippen molar-refractivity contribution in [2.45, 2.75) is 25.4 Å². The first kappa shape index (κ1) is 23.3. The number of hydrogen-bond acceptors (Lipinski definition) is 5. The lowest BCUT2D eigenvalue weighted by Gasteiger charge is -2.29. The number of sulfonamides is 1. The summed E-state index contributed by atoms with van der Waals surface area (Å²) in [5.74, 6) is 0.0305. The summed E-state index contributed by atoms with van der Waals surface area (Å²) < 4.78 is 33.8. The zero-order chi connectivity index (χ0) is 23.1. The van der Waals surface area contributed by atoms with Crippen molar-refractivity contribution in [3.05, 3.63) is 84.1 Å². The van der Waals surface area contributed by atoms with Gasteiger partial charge in [-0.15, -0.1) is 0 Å². The number of amides is 1. The van der Waals surface area contributed by atoms with Gasteiger partial charge in [-0.1, -0.05) is 48.5 Å². The minimum atomic E-state index is -4.13. The van der Waals surface area contributed by atoms with E-state index in [1.54, 1.807) is 48.2 Å². The molecule has 0 fully saturated rings. The van der Waals surface area contributed by atoms with E-state index in [2.05, 4.69) is 4.98 Å². The van der Waals surface area contributed by atoms with Crippen molar-refractivity contribution >= 4 is 21.6 Å². The number of methoxy groups -OCH3 is 1. The Kier molecular flexibility index (Phi) is 7.48. The van der Waals surface area contributed by atoms with Gasteiger partial charge in [-0.25, -0.2) is 4.98 Å². The monoisotopic (exact) mass is 453 g/mol. The molecule has 0 unspecified atom stereocenters. The van der Waals surface area contributed by atoms with Crippen LogP contribution in [0.5, 0.6) is 5.75 Å². The van der Waals surface area contributed by atoms with Crippen LogP contribution in [-0.2, 0) is 21.4 Å². The van der Waals surface area contributed by atoms with Crippen LogP contribution in [0.3, 0.4) is 0 Å². The molecule has 7 nitrogen and oxygen atoms in total. The molecule has 3 aromatic rings. The molecule has 0 atom stereocenters. The number of carbonyl (C=O) groups is 1. The van der Waals surface area contributed by atoms with Crippen LogP contribution in [0.15, 0.2) is 78.0 Å². The number of aryl methyl sites for hydroxylation is 1. The van der Waals surface area contributed by atoms with Crippen molar-refractivity contribution < 1.29 is 17.9 Å². The SMILES string of the molecule is CCN(Cc1ccccc1)C(=O)CN(c1ccccc1OC)S(=O)(=O)c1ncccc1C. The molecule has 1 amide bonds. The highest BCUT2D eigenvalue weighted by molar-refractivity contribution is 7.92. The van der Waals surface area contributed by atoms with Crippen LogP contribution in [0, 0.1) is 6.92 Å². The van der Waals surface area contributed by atoms with Crippen molar-refractivity contribution in [2.24, 2.45) is 0 Å². The van der Waals surface area contributed by atoms with Gasteiger partial charge in [0.15, 0.2) is 5.03 Å². The van der Waals surface area contributed by atoms with E-state index in [4.69, 9.17) is 4.74 Å². The number of pyridine rings is 1. The molecule has 1 heterocycles. The van der Waals surface area contributed by atoms with Crippen molar-refractivity contribution in [2.75, 3.05) is 24.5 Å². The number of likely N-dealkylation sites (N-methyl/N-ethyl adjacent to an activating group) is 1. The van der Waals surface area contributed by atoms with Crippen molar-refractivity contribution in [3.8, 4) is 5.75 Å². The summed E-state index contributed by atoms with van der Waals surface area (Å²) in [6, 6.07) is 19.7. The molecule has 1 aromatic heterocycles. The molecular weight excluding hydrogens is 426 g/mol.